The Morgan fingerprint density at radius 2 is 1.94 bits per heavy atom. The summed E-state index contributed by atoms with van der Waals surface area (Å²) < 4.78 is 5.48. The topological polar surface area (TPSA) is 46.5 Å². The summed E-state index contributed by atoms with van der Waals surface area (Å²) in [6.07, 6.45) is 0.0952. The highest BCUT2D eigenvalue weighted by Crippen LogP contribution is 2.20. The van der Waals surface area contributed by atoms with Gasteiger partial charge in [0.25, 0.3) is 0 Å². The molecule has 0 amide bonds. The molecule has 0 bridgehead atoms. The van der Waals surface area contributed by atoms with Gasteiger partial charge in [-0.15, -0.1) is 0 Å². The van der Waals surface area contributed by atoms with Crippen molar-refractivity contribution >= 4 is 11.5 Å². The van der Waals surface area contributed by atoms with Crippen molar-refractivity contribution in [2.45, 2.75) is 26.4 Å². The van der Waals surface area contributed by atoms with Crippen LogP contribution < -0.4 is 4.74 Å². The molecule has 0 atom stereocenters. The van der Waals surface area contributed by atoms with Gasteiger partial charge in [-0.05, 0) is 37.1 Å². The minimum absolute atomic E-state index is 0.0373. The molecule has 16 heavy (non-hydrogen) atoms. The van der Waals surface area contributed by atoms with Gasteiger partial charge in [-0.2, -0.15) is 0 Å². The van der Waals surface area contributed by atoms with Crippen molar-refractivity contribution in [3.63, 3.8) is 0 Å². The molecule has 0 spiro atoms. The van der Waals surface area contributed by atoms with E-state index in [2.05, 4.69) is 6.58 Å². The molecule has 0 aliphatic carbocycles. The number of hydrogen-bond acceptors (Lipinski definition) is 2. The number of ether oxygens (including phenoxy) is 1. The minimum Gasteiger partial charge on any atom is -0.491 e. The maximum Gasteiger partial charge on any atom is 0.307 e. The van der Waals surface area contributed by atoms with Crippen molar-refractivity contribution in [3.8, 4) is 5.75 Å². The summed E-state index contributed by atoms with van der Waals surface area (Å²) >= 11 is 0. The Kier molecular flexibility index (Phi) is 4.11. The summed E-state index contributed by atoms with van der Waals surface area (Å²) in [5.41, 5.74) is 1.43. The van der Waals surface area contributed by atoms with Crippen LogP contribution in [0.5, 0.6) is 5.75 Å². The average molecular weight is 220 g/mol. The van der Waals surface area contributed by atoms with Crippen LogP contribution in [0.3, 0.4) is 0 Å². The van der Waals surface area contributed by atoms with Gasteiger partial charge in [0, 0.05) is 0 Å². The normalized spacial score (nSPS) is 10.2. The predicted molar refractivity (Wildman–Crippen MR) is 63.5 cm³/mol. The summed E-state index contributed by atoms with van der Waals surface area (Å²) in [7, 11) is 0. The molecule has 1 rings (SSSR count). The third-order valence-electron chi connectivity index (χ3n) is 2.00. The maximum atomic E-state index is 10.5. The Hall–Kier alpha value is -1.77. The first kappa shape index (κ1) is 12.3. The molecule has 86 valence electrons. The molecule has 3 heteroatoms. The summed E-state index contributed by atoms with van der Waals surface area (Å²) in [5, 5.41) is 8.63. The van der Waals surface area contributed by atoms with Crippen molar-refractivity contribution < 1.29 is 14.6 Å². The highest BCUT2D eigenvalue weighted by molar-refractivity contribution is 5.83. The monoisotopic (exact) mass is 220 g/mol. The fourth-order valence-electron chi connectivity index (χ4n) is 1.33. The van der Waals surface area contributed by atoms with Crippen molar-refractivity contribution in [2.24, 2.45) is 0 Å². The fourth-order valence-corrected chi connectivity index (χ4v) is 1.33. The van der Waals surface area contributed by atoms with Gasteiger partial charge in [0.15, 0.2) is 0 Å². The van der Waals surface area contributed by atoms with Crippen LogP contribution in [0.4, 0.5) is 0 Å². The minimum atomic E-state index is -0.868. The maximum absolute atomic E-state index is 10.5. The van der Waals surface area contributed by atoms with Gasteiger partial charge in [0.2, 0.25) is 0 Å². The number of carboxylic acids is 1. The van der Waals surface area contributed by atoms with Gasteiger partial charge in [-0.3, -0.25) is 4.79 Å². The first-order chi connectivity index (χ1) is 7.49. The SMILES string of the molecule is C=C(CC(=O)O)c1ccc(OC(C)C)cc1. The molecule has 0 aromatic heterocycles. The molecule has 0 radical (unpaired) electrons. The molecule has 0 aliphatic heterocycles. The van der Waals surface area contributed by atoms with Crippen LogP contribution in [0.15, 0.2) is 30.8 Å². The smallest absolute Gasteiger partial charge is 0.307 e. The van der Waals surface area contributed by atoms with Gasteiger partial charge < -0.3 is 9.84 Å². The van der Waals surface area contributed by atoms with E-state index in [1.807, 2.05) is 38.1 Å². The zero-order valence-corrected chi connectivity index (χ0v) is 9.56. The lowest BCUT2D eigenvalue weighted by Gasteiger charge is -2.10. The quantitative estimate of drug-likeness (QED) is 0.829. The Balaban J connectivity index is 2.71. The van der Waals surface area contributed by atoms with E-state index in [0.29, 0.717) is 5.57 Å². The lowest BCUT2D eigenvalue weighted by Crippen LogP contribution is -2.05. The summed E-state index contributed by atoms with van der Waals surface area (Å²) in [6.45, 7) is 7.65. The van der Waals surface area contributed by atoms with Gasteiger partial charge in [0.1, 0.15) is 5.75 Å². The summed E-state index contributed by atoms with van der Waals surface area (Å²) in [4.78, 5) is 10.5. The lowest BCUT2D eigenvalue weighted by atomic mass is 10.0. The first-order valence-corrected chi connectivity index (χ1v) is 5.15. The van der Waals surface area contributed by atoms with E-state index in [1.165, 1.54) is 0 Å². The van der Waals surface area contributed by atoms with Crippen LogP contribution in [0.1, 0.15) is 25.8 Å². The van der Waals surface area contributed by atoms with Crippen LogP contribution in [-0.2, 0) is 4.79 Å². The molecule has 0 fully saturated rings. The average Bonchev–Trinajstić information content (AvgIpc) is 2.16. The predicted octanol–water partition coefficient (Wildman–Crippen LogP) is 2.96. The molecule has 1 N–H and O–H groups in total. The van der Waals surface area contributed by atoms with E-state index < -0.39 is 5.97 Å². The van der Waals surface area contributed by atoms with Crippen molar-refractivity contribution in [2.75, 3.05) is 0 Å². The van der Waals surface area contributed by atoms with E-state index >= 15 is 0 Å². The molecule has 1 aromatic carbocycles. The van der Waals surface area contributed by atoms with E-state index in [-0.39, 0.29) is 12.5 Å². The largest absolute Gasteiger partial charge is 0.491 e. The molecular formula is C13H16O3. The van der Waals surface area contributed by atoms with Crippen molar-refractivity contribution in [3.05, 3.63) is 36.4 Å². The summed E-state index contributed by atoms with van der Waals surface area (Å²) in [6, 6.07) is 7.29. The van der Waals surface area contributed by atoms with Crippen LogP contribution in [-0.4, -0.2) is 17.2 Å². The van der Waals surface area contributed by atoms with E-state index in [0.717, 1.165) is 11.3 Å². The second-order valence-corrected chi connectivity index (χ2v) is 3.87. The van der Waals surface area contributed by atoms with Crippen molar-refractivity contribution in [1.82, 2.24) is 0 Å². The van der Waals surface area contributed by atoms with Crippen LogP contribution >= 0.6 is 0 Å². The van der Waals surface area contributed by atoms with Gasteiger partial charge >= 0.3 is 5.97 Å². The number of carbonyl (C=O) groups is 1. The highest BCUT2D eigenvalue weighted by atomic mass is 16.5. The molecule has 0 unspecified atom stereocenters. The molecule has 3 nitrogen and oxygen atoms in total. The number of carboxylic acid groups (broad SMARTS) is 1. The Morgan fingerprint density at radius 3 is 2.38 bits per heavy atom. The summed E-state index contributed by atoms with van der Waals surface area (Å²) in [5.74, 6) is -0.0885. The third kappa shape index (κ3) is 3.77. The number of aliphatic carboxylic acids is 1. The van der Waals surface area contributed by atoms with E-state index in [4.69, 9.17) is 9.84 Å². The van der Waals surface area contributed by atoms with Crippen LogP contribution in [0, 0.1) is 0 Å². The van der Waals surface area contributed by atoms with E-state index in [1.54, 1.807) is 0 Å². The van der Waals surface area contributed by atoms with Crippen LogP contribution in [0.2, 0.25) is 0 Å². The highest BCUT2D eigenvalue weighted by Gasteiger charge is 2.04. The van der Waals surface area contributed by atoms with Crippen molar-refractivity contribution in [1.29, 1.82) is 0 Å². The first-order valence-electron chi connectivity index (χ1n) is 5.15. The molecule has 0 aliphatic rings. The number of hydrogen-bond donors (Lipinski definition) is 1. The van der Waals surface area contributed by atoms with Crippen LogP contribution in [0.25, 0.3) is 5.57 Å². The molecule has 0 saturated heterocycles. The molecule has 0 saturated carbocycles. The van der Waals surface area contributed by atoms with Gasteiger partial charge in [0.05, 0.1) is 12.5 Å². The second kappa shape index (κ2) is 5.35. The fraction of sp³-hybridized carbons (Fsp3) is 0.308. The number of benzene rings is 1. The Labute approximate surface area is 95.4 Å². The molecule has 0 heterocycles. The molecule has 1 aromatic rings. The zero-order valence-electron chi connectivity index (χ0n) is 9.56. The Bertz CT molecular complexity index is 377. The second-order valence-electron chi connectivity index (χ2n) is 3.87. The van der Waals surface area contributed by atoms with E-state index in [9.17, 15) is 4.79 Å². The molecular weight excluding hydrogens is 204 g/mol. The standard InChI is InChI=1S/C13H16O3/c1-9(2)16-12-6-4-11(5-7-12)10(3)8-13(14)15/h4-7,9H,3,8H2,1-2H3,(H,14,15). The Morgan fingerprint density at radius 1 is 1.38 bits per heavy atom. The number of rotatable bonds is 5. The third-order valence-corrected chi connectivity index (χ3v) is 2.00. The van der Waals surface area contributed by atoms with Gasteiger partial charge in [-0.1, -0.05) is 18.7 Å². The lowest BCUT2D eigenvalue weighted by molar-refractivity contribution is -0.135. The zero-order chi connectivity index (χ0) is 12.1. The van der Waals surface area contributed by atoms with Gasteiger partial charge in [-0.25, -0.2) is 0 Å².